The van der Waals surface area contributed by atoms with Crippen LogP contribution in [0.25, 0.3) is 0 Å². The second-order valence-electron chi connectivity index (χ2n) is 2.64. The van der Waals surface area contributed by atoms with E-state index in [2.05, 4.69) is 0 Å². The van der Waals surface area contributed by atoms with Gasteiger partial charge in [-0.1, -0.05) is 13.8 Å². The topological polar surface area (TPSA) is 80.4 Å². The molecule has 4 nitrogen and oxygen atoms in total. The van der Waals surface area contributed by atoms with Crippen molar-refractivity contribution < 1.29 is 27.9 Å². The minimum Gasteiger partial charge on any atom is -0.475 e. The Morgan fingerprint density at radius 3 is 1.73 bits per heavy atom. The van der Waals surface area contributed by atoms with Crippen LogP contribution in [0.2, 0.25) is 0 Å². The van der Waals surface area contributed by atoms with Gasteiger partial charge in [0.25, 0.3) is 0 Å². The minimum absolute atomic E-state index is 0.160. The Balaban J connectivity index is 0. The lowest BCUT2D eigenvalue weighted by Crippen LogP contribution is -2.28. The number of aliphatic carboxylic acids is 1. The van der Waals surface area contributed by atoms with Crippen LogP contribution in [0.1, 0.15) is 26.7 Å². The Kier molecular flexibility index (Phi) is 7.85. The van der Waals surface area contributed by atoms with E-state index in [4.69, 9.17) is 15.6 Å². The van der Waals surface area contributed by atoms with Crippen LogP contribution in [-0.4, -0.2) is 29.1 Å². The average Bonchev–Trinajstić information content (AvgIpc) is 2.14. The Bertz CT molecular complexity index is 216. The Hall–Kier alpha value is -1.11. The first-order chi connectivity index (χ1) is 6.66. The summed E-state index contributed by atoms with van der Waals surface area (Å²) in [7, 11) is 0. The highest BCUT2D eigenvalue weighted by atomic mass is 19.4. The lowest BCUT2D eigenvalue weighted by Gasteiger charge is -2.02. The number of halogens is 3. The number of alkyl halides is 3. The third-order valence-electron chi connectivity index (χ3n) is 1.44. The summed E-state index contributed by atoms with van der Waals surface area (Å²) in [6.07, 6.45) is -3.76. The zero-order valence-corrected chi connectivity index (χ0v) is 8.47. The van der Waals surface area contributed by atoms with E-state index in [1.54, 1.807) is 0 Å². The average molecular weight is 229 g/mol. The maximum atomic E-state index is 10.6. The van der Waals surface area contributed by atoms with E-state index in [1.807, 2.05) is 13.8 Å². The summed E-state index contributed by atoms with van der Waals surface area (Å²) in [5.74, 6) is -2.60. The molecule has 0 aromatic rings. The SMILES string of the molecule is CCC(=O)C(N)CC.O=C(O)C(F)(F)F. The summed E-state index contributed by atoms with van der Waals surface area (Å²) in [5, 5.41) is 7.12. The maximum Gasteiger partial charge on any atom is 0.490 e. The van der Waals surface area contributed by atoms with Gasteiger partial charge in [-0.25, -0.2) is 4.79 Å². The van der Waals surface area contributed by atoms with Crippen LogP contribution in [0.5, 0.6) is 0 Å². The number of carbonyl (C=O) groups excluding carboxylic acids is 1. The van der Waals surface area contributed by atoms with Gasteiger partial charge in [0.05, 0.1) is 6.04 Å². The van der Waals surface area contributed by atoms with E-state index < -0.39 is 12.1 Å². The van der Waals surface area contributed by atoms with E-state index in [0.717, 1.165) is 6.42 Å². The normalized spacial score (nSPS) is 12.4. The fraction of sp³-hybridized carbons (Fsp3) is 0.750. The molecule has 0 heterocycles. The highest BCUT2D eigenvalue weighted by Crippen LogP contribution is 2.13. The van der Waals surface area contributed by atoms with E-state index in [-0.39, 0.29) is 11.8 Å². The molecular formula is C8H14F3NO3. The molecule has 1 unspecified atom stereocenters. The molecule has 0 radical (unpaired) electrons. The molecule has 0 saturated carbocycles. The summed E-state index contributed by atoms with van der Waals surface area (Å²) in [5.41, 5.74) is 5.38. The number of carboxylic acids is 1. The predicted molar refractivity (Wildman–Crippen MR) is 47.3 cm³/mol. The molecule has 15 heavy (non-hydrogen) atoms. The quantitative estimate of drug-likeness (QED) is 0.765. The summed E-state index contributed by atoms with van der Waals surface area (Å²) < 4.78 is 31.7. The summed E-state index contributed by atoms with van der Waals surface area (Å²) in [4.78, 5) is 19.5. The van der Waals surface area contributed by atoms with Gasteiger partial charge in [0.2, 0.25) is 0 Å². The van der Waals surface area contributed by atoms with Gasteiger partial charge in [0.1, 0.15) is 5.78 Å². The smallest absolute Gasteiger partial charge is 0.475 e. The number of rotatable bonds is 3. The van der Waals surface area contributed by atoms with Gasteiger partial charge >= 0.3 is 12.1 Å². The molecule has 0 bridgehead atoms. The van der Waals surface area contributed by atoms with Crippen LogP contribution < -0.4 is 5.73 Å². The Morgan fingerprint density at radius 1 is 1.33 bits per heavy atom. The minimum atomic E-state index is -5.08. The molecule has 0 amide bonds. The zero-order chi connectivity index (χ0) is 12.6. The van der Waals surface area contributed by atoms with Gasteiger partial charge in [-0.05, 0) is 6.42 Å². The molecule has 0 fully saturated rings. The zero-order valence-electron chi connectivity index (χ0n) is 8.47. The first kappa shape index (κ1) is 16.3. The second kappa shape index (κ2) is 7.22. The number of ketones is 1. The van der Waals surface area contributed by atoms with Crippen molar-refractivity contribution in [3.05, 3.63) is 0 Å². The van der Waals surface area contributed by atoms with Crippen LogP contribution in [0.15, 0.2) is 0 Å². The monoisotopic (exact) mass is 229 g/mol. The molecule has 0 aromatic heterocycles. The molecule has 0 rings (SSSR count). The third-order valence-corrected chi connectivity index (χ3v) is 1.44. The van der Waals surface area contributed by atoms with Crippen molar-refractivity contribution in [2.45, 2.75) is 38.9 Å². The molecule has 0 aliphatic heterocycles. The summed E-state index contributed by atoms with van der Waals surface area (Å²) in [6.45, 7) is 3.75. The fourth-order valence-electron chi connectivity index (χ4n) is 0.490. The molecule has 7 heteroatoms. The number of hydrogen-bond donors (Lipinski definition) is 2. The van der Waals surface area contributed by atoms with Crippen molar-refractivity contribution in [1.29, 1.82) is 0 Å². The second-order valence-corrected chi connectivity index (χ2v) is 2.64. The molecule has 90 valence electrons. The first-order valence-electron chi connectivity index (χ1n) is 4.25. The van der Waals surface area contributed by atoms with Crippen molar-refractivity contribution >= 4 is 11.8 Å². The van der Waals surface area contributed by atoms with Gasteiger partial charge in [0, 0.05) is 6.42 Å². The van der Waals surface area contributed by atoms with E-state index in [9.17, 15) is 18.0 Å². The number of carbonyl (C=O) groups is 2. The molecule has 1 atom stereocenters. The van der Waals surface area contributed by atoms with Gasteiger partial charge in [-0.2, -0.15) is 13.2 Å². The van der Waals surface area contributed by atoms with Crippen molar-refractivity contribution in [3.8, 4) is 0 Å². The van der Waals surface area contributed by atoms with Crippen LogP contribution >= 0.6 is 0 Å². The molecule has 0 saturated heterocycles. The Morgan fingerprint density at radius 2 is 1.67 bits per heavy atom. The van der Waals surface area contributed by atoms with E-state index >= 15 is 0 Å². The van der Waals surface area contributed by atoms with Gasteiger partial charge in [-0.3, -0.25) is 4.79 Å². The van der Waals surface area contributed by atoms with Crippen molar-refractivity contribution in [1.82, 2.24) is 0 Å². The molecule has 3 N–H and O–H groups in total. The van der Waals surface area contributed by atoms with E-state index in [1.165, 1.54) is 0 Å². The van der Waals surface area contributed by atoms with Crippen molar-refractivity contribution in [3.63, 3.8) is 0 Å². The molecule has 0 aliphatic rings. The number of Topliss-reactive ketones (excluding diaryl/α,β-unsaturated/α-hetero) is 1. The lowest BCUT2D eigenvalue weighted by molar-refractivity contribution is -0.192. The van der Waals surface area contributed by atoms with Gasteiger partial charge in [-0.15, -0.1) is 0 Å². The fourth-order valence-corrected chi connectivity index (χ4v) is 0.490. The predicted octanol–water partition coefficient (Wildman–Crippen LogP) is 1.34. The largest absolute Gasteiger partial charge is 0.490 e. The van der Waals surface area contributed by atoms with Crippen molar-refractivity contribution in [2.75, 3.05) is 0 Å². The van der Waals surface area contributed by atoms with Crippen LogP contribution in [0.4, 0.5) is 13.2 Å². The molecule has 0 aromatic carbocycles. The number of hydrogen-bond acceptors (Lipinski definition) is 3. The Labute approximate surface area is 85.3 Å². The van der Waals surface area contributed by atoms with Gasteiger partial charge < -0.3 is 10.8 Å². The number of carboxylic acid groups (broad SMARTS) is 1. The van der Waals surface area contributed by atoms with Gasteiger partial charge in [0.15, 0.2) is 0 Å². The molecule has 0 spiro atoms. The summed E-state index contributed by atoms with van der Waals surface area (Å²) >= 11 is 0. The highest BCUT2D eigenvalue weighted by molar-refractivity contribution is 5.83. The maximum absolute atomic E-state index is 10.6. The number of nitrogens with two attached hydrogens (primary N) is 1. The van der Waals surface area contributed by atoms with Crippen LogP contribution in [-0.2, 0) is 9.59 Å². The van der Waals surface area contributed by atoms with Crippen LogP contribution in [0, 0.1) is 0 Å². The third kappa shape index (κ3) is 9.20. The van der Waals surface area contributed by atoms with Crippen molar-refractivity contribution in [2.24, 2.45) is 5.73 Å². The van der Waals surface area contributed by atoms with Crippen LogP contribution in [0.3, 0.4) is 0 Å². The molecular weight excluding hydrogens is 215 g/mol. The van der Waals surface area contributed by atoms with E-state index in [0.29, 0.717) is 6.42 Å². The highest BCUT2D eigenvalue weighted by Gasteiger charge is 2.38. The lowest BCUT2D eigenvalue weighted by atomic mass is 10.1. The molecule has 0 aliphatic carbocycles. The summed E-state index contributed by atoms with van der Waals surface area (Å²) in [6, 6.07) is -0.222. The standard InChI is InChI=1S/C6H13NO.C2HF3O2/c1-3-5(7)6(8)4-2;3-2(4,5)1(6)7/h5H,3-4,7H2,1-2H3;(H,6,7). The first-order valence-corrected chi connectivity index (χ1v) is 4.25.